The van der Waals surface area contributed by atoms with E-state index in [0.29, 0.717) is 17.1 Å². The molecule has 7 heteroatoms. The fraction of sp³-hybridized carbons (Fsp3) is 0.412. The van der Waals surface area contributed by atoms with Crippen LogP contribution in [0.4, 0.5) is 19.1 Å². The van der Waals surface area contributed by atoms with Crippen molar-refractivity contribution in [1.29, 1.82) is 0 Å². The van der Waals surface area contributed by atoms with Gasteiger partial charge in [0.1, 0.15) is 0 Å². The van der Waals surface area contributed by atoms with Crippen LogP contribution in [-0.2, 0) is 6.18 Å². The van der Waals surface area contributed by atoms with Crippen LogP contribution in [0.1, 0.15) is 30.1 Å². The Balaban J connectivity index is 2.10. The van der Waals surface area contributed by atoms with Gasteiger partial charge in [-0.3, -0.25) is 0 Å². The molecule has 1 saturated heterocycles. The maximum absolute atomic E-state index is 13.0. The van der Waals surface area contributed by atoms with Crippen molar-refractivity contribution in [1.82, 2.24) is 15.3 Å². The molecule has 0 spiro atoms. The summed E-state index contributed by atoms with van der Waals surface area (Å²) in [5, 5.41) is 3.36. The van der Waals surface area contributed by atoms with Gasteiger partial charge < -0.3 is 10.2 Å². The molecule has 1 atom stereocenters. The Morgan fingerprint density at radius 2 is 2.04 bits per heavy atom. The minimum absolute atomic E-state index is 0.0382. The molecule has 0 amide bonds. The normalized spacial score (nSPS) is 18.0. The Hall–Kier alpha value is -2.15. The van der Waals surface area contributed by atoms with E-state index in [1.807, 2.05) is 14.1 Å². The smallest absolute Gasteiger partial charge is 0.347 e. The van der Waals surface area contributed by atoms with Crippen LogP contribution in [0.15, 0.2) is 30.5 Å². The van der Waals surface area contributed by atoms with Crippen LogP contribution in [0.5, 0.6) is 0 Å². The van der Waals surface area contributed by atoms with Crippen LogP contribution in [0.25, 0.3) is 11.1 Å². The summed E-state index contributed by atoms with van der Waals surface area (Å²) in [4.78, 5) is 10.7. The molecule has 0 radical (unpaired) electrons. The monoisotopic (exact) mass is 336 g/mol. The van der Waals surface area contributed by atoms with E-state index in [1.165, 1.54) is 6.07 Å². The molecule has 24 heavy (non-hydrogen) atoms. The third-order valence-corrected chi connectivity index (χ3v) is 4.10. The van der Waals surface area contributed by atoms with E-state index < -0.39 is 11.7 Å². The molecule has 2 aromatic rings. The van der Waals surface area contributed by atoms with Gasteiger partial charge in [0.15, 0.2) is 0 Å². The lowest BCUT2D eigenvalue weighted by Crippen LogP contribution is -2.19. The largest absolute Gasteiger partial charge is 0.416 e. The molecule has 1 aliphatic rings. The van der Waals surface area contributed by atoms with Crippen molar-refractivity contribution in [3.05, 3.63) is 41.7 Å². The molecule has 1 N–H and O–H groups in total. The van der Waals surface area contributed by atoms with Crippen LogP contribution in [-0.4, -0.2) is 30.6 Å². The summed E-state index contributed by atoms with van der Waals surface area (Å²) in [5.74, 6) is 0.550. The van der Waals surface area contributed by atoms with Crippen LogP contribution < -0.4 is 10.2 Å². The first-order valence-corrected chi connectivity index (χ1v) is 7.81. The SMILES string of the molecule is CN(C)c1ncc(-c2cccc(C(F)(F)F)c2)c([C@@H]2CCCN2)n1. The third-order valence-electron chi connectivity index (χ3n) is 4.10. The van der Waals surface area contributed by atoms with E-state index in [2.05, 4.69) is 15.3 Å². The number of halogens is 3. The van der Waals surface area contributed by atoms with Crippen molar-refractivity contribution in [3.63, 3.8) is 0 Å². The van der Waals surface area contributed by atoms with Crippen molar-refractivity contribution in [3.8, 4) is 11.1 Å². The Morgan fingerprint density at radius 1 is 1.25 bits per heavy atom. The van der Waals surface area contributed by atoms with E-state index >= 15 is 0 Å². The van der Waals surface area contributed by atoms with Gasteiger partial charge in [-0.2, -0.15) is 13.2 Å². The maximum Gasteiger partial charge on any atom is 0.416 e. The predicted molar refractivity (Wildman–Crippen MR) is 86.8 cm³/mol. The highest BCUT2D eigenvalue weighted by molar-refractivity contribution is 5.67. The zero-order chi connectivity index (χ0) is 17.3. The van der Waals surface area contributed by atoms with E-state index in [0.717, 1.165) is 37.2 Å². The van der Waals surface area contributed by atoms with Gasteiger partial charge in [0.25, 0.3) is 0 Å². The lowest BCUT2D eigenvalue weighted by atomic mass is 9.98. The fourth-order valence-electron chi connectivity index (χ4n) is 2.87. The molecule has 1 aromatic heterocycles. The molecule has 128 valence electrons. The zero-order valence-corrected chi connectivity index (χ0v) is 13.6. The number of alkyl halides is 3. The molecule has 0 saturated carbocycles. The second kappa shape index (κ2) is 6.39. The number of rotatable bonds is 3. The van der Waals surface area contributed by atoms with Gasteiger partial charge in [0, 0.05) is 25.9 Å². The van der Waals surface area contributed by atoms with Gasteiger partial charge in [-0.1, -0.05) is 12.1 Å². The first-order valence-electron chi connectivity index (χ1n) is 7.81. The standard InChI is InChI=1S/C17H19F3N4/c1-24(2)16-22-10-13(15(23-16)14-7-4-8-21-14)11-5-3-6-12(9-11)17(18,19)20/h3,5-6,9-10,14,21H,4,7-8H2,1-2H3/t14-/m0/s1. The molecule has 4 nitrogen and oxygen atoms in total. The molecule has 1 fully saturated rings. The second-order valence-corrected chi connectivity index (χ2v) is 6.09. The molecule has 0 aliphatic carbocycles. The highest BCUT2D eigenvalue weighted by atomic mass is 19.4. The van der Waals surface area contributed by atoms with E-state index in [-0.39, 0.29) is 6.04 Å². The molecule has 0 unspecified atom stereocenters. The Labute approximate surface area is 138 Å². The summed E-state index contributed by atoms with van der Waals surface area (Å²) in [6.07, 6.45) is -0.816. The van der Waals surface area contributed by atoms with Gasteiger partial charge in [-0.05, 0) is 37.1 Å². The summed E-state index contributed by atoms with van der Waals surface area (Å²) >= 11 is 0. The van der Waals surface area contributed by atoms with Crippen molar-refractivity contribution in [2.75, 3.05) is 25.5 Å². The first kappa shape index (κ1) is 16.7. The number of nitrogens with one attached hydrogen (secondary N) is 1. The molecule has 2 heterocycles. The average Bonchev–Trinajstić information content (AvgIpc) is 3.08. The lowest BCUT2D eigenvalue weighted by Gasteiger charge is -2.19. The number of hydrogen-bond acceptors (Lipinski definition) is 4. The van der Waals surface area contributed by atoms with Crippen molar-refractivity contribution < 1.29 is 13.2 Å². The second-order valence-electron chi connectivity index (χ2n) is 6.09. The Kier molecular flexibility index (Phi) is 4.45. The molecular formula is C17H19F3N4. The first-order chi connectivity index (χ1) is 11.4. The van der Waals surface area contributed by atoms with Gasteiger partial charge in [0.2, 0.25) is 5.95 Å². The number of hydrogen-bond donors (Lipinski definition) is 1. The Bertz CT molecular complexity index is 722. The van der Waals surface area contributed by atoms with Gasteiger partial charge in [-0.25, -0.2) is 9.97 Å². The van der Waals surface area contributed by atoms with Crippen molar-refractivity contribution in [2.24, 2.45) is 0 Å². The number of anilines is 1. The molecule has 3 rings (SSSR count). The van der Waals surface area contributed by atoms with E-state index in [9.17, 15) is 13.2 Å². The molecular weight excluding hydrogens is 317 g/mol. The topological polar surface area (TPSA) is 41.1 Å². The fourth-order valence-corrected chi connectivity index (χ4v) is 2.87. The summed E-state index contributed by atoms with van der Waals surface area (Å²) in [7, 11) is 3.68. The van der Waals surface area contributed by atoms with Gasteiger partial charge >= 0.3 is 6.18 Å². The molecule has 0 bridgehead atoms. The number of benzene rings is 1. The quantitative estimate of drug-likeness (QED) is 0.929. The summed E-state index contributed by atoms with van der Waals surface area (Å²) in [6.45, 7) is 0.883. The maximum atomic E-state index is 13.0. The molecule has 1 aliphatic heterocycles. The summed E-state index contributed by atoms with van der Waals surface area (Å²) in [5.41, 5.74) is 1.22. The summed E-state index contributed by atoms with van der Waals surface area (Å²) in [6, 6.07) is 5.36. The number of nitrogens with zero attached hydrogens (tertiary/aromatic N) is 3. The van der Waals surface area contributed by atoms with Crippen molar-refractivity contribution >= 4 is 5.95 Å². The van der Waals surface area contributed by atoms with Crippen LogP contribution >= 0.6 is 0 Å². The predicted octanol–water partition coefficient (Wildman–Crippen LogP) is 3.65. The zero-order valence-electron chi connectivity index (χ0n) is 13.6. The van der Waals surface area contributed by atoms with E-state index in [1.54, 1.807) is 17.2 Å². The highest BCUT2D eigenvalue weighted by Crippen LogP contribution is 2.35. The van der Waals surface area contributed by atoms with Crippen LogP contribution in [0.2, 0.25) is 0 Å². The van der Waals surface area contributed by atoms with Crippen molar-refractivity contribution in [2.45, 2.75) is 25.1 Å². The average molecular weight is 336 g/mol. The van der Waals surface area contributed by atoms with Crippen LogP contribution in [0, 0.1) is 0 Å². The third kappa shape index (κ3) is 3.36. The lowest BCUT2D eigenvalue weighted by molar-refractivity contribution is -0.137. The van der Waals surface area contributed by atoms with Crippen LogP contribution in [0.3, 0.4) is 0 Å². The number of aromatic nitrogens is 2. The van der Waals surface area contributed by atoms with Gasteiger partial charge in [0.05, 0.1) is 17.3 Å². The highest BCUT2D eigenvalue weighted by Gasteiger charge is 2.31. The summed E-state index contributed by atoms with van der Waals surface area (Å²) < 4.78 is 39.0. The van der Waals surface area contributed by atoms with Gasteiger partial charge in [-0.15, -0.1) is 0 Å². The van der Waals surface area contributed by atoms with E-state index in [4.69, 9.17) is 0 Å². The minimum atomic E-state index is -4.37. The Morgan fingerprint density at radius 3 is 2.67 bits per heavy atom. The molecule has 1 aromatic carbocycles. The minimum Gasteiger partial charge on any atom is -0.347 e.